The molecule has 3 N–H and O–H groups in total. The van der Waals surface area contributed by atoms with E-state index in [0.29, 0.717) is 30.5 Å². The molecular formula is C15H25N4O+. The highest BCUT2D eigenvalue weighted by atomic mass is 16.1. The lowest BCUT2D eigenvalue weighted by molar-refractivity contribution is -0.548. The molecule has 1 aliphatic carbocycles. The number of fused-ring (bicyclic) bond motifs is 1. The minimum Gasteiger partial charge on any atom is -0.368 e. The summed E-state index contributed by atoms with van der Waals surface area (Å²) in [5, 5.41) is 3.47. The van der Waals surface area contributed by atoms with Crippen molar-refractivity contribution in [3.8, 4) is 0 Å². The fourth-order valence-electron chi connectivity index (χ4n) is 3.60. The number of hydrogen-bond donors (Lipinski definition) is 2. The van der Waals surface area contributed by atoms with Crippen LogP contribution in [-0.2, 0) is 4.79 Å². The van der Waals surface area contributed by atoms with Crippen LogP contribution >= 0.6 is 0 Å². The maximum Gasteiger partial charge on any atom is 0.261 e. The molecule has 5 nitrogen and oxygen atoms in total. The topological polar surface area (TPSA) is 70.5 Å². The van der Waals surface area contributed by atoms with E-state index in [9.17, 15) is 4.79 Å². The molecule has 3 rings (SSSR count). The first-order valence-electron chi connectivity index (χ1n) is 7.87. The highest BCUT2D eigenvalue weighted by molar-refractivity contribution is 6.22. The van der Waals surface area contributed by atoms with Crippen molar-refractivity contribution in [2.24, 2.45) is 16.6 Å². The van der Waals surface area contributed by atoms with Crippen molar-refractivity contribution in [2.75, 3.05) is 6.54 Å². The second kappa shape index (κ2) is 5.19. The van der Waals surface area contributed by atoms with Gasteiger partial charge in [-0.3, -0.25) is 20.1 Å². The maximum atomic E-state index is 12.3. The number of rotatable bonds is 3. The summed E-state index contributed by atoms with van der Waals surface area (Å²) in [5.74, 6) is 1.38. The number of nitrogens with two attached hydrogens (primary N) is 1. The maximum absolute atomic E-state index is 12.3. The van der Waals surface area contributed by atoms with E-state index in [1.54, 1.807) is 0 Å². The zero-order chi connectivity index (χ0) is 14.3. The molecule has 0 radical (unpaired) electrons. The standard InChI is InChI=1S/C15H24N4O/c1-3-9(2)19-8-12(20)13(14(19)16)15-17-10-6-4-5-7-11(10)18-15/h9-11,13,16H,3-8H2,1-2H3,(H,17,18)/p+1/t9-,10?,11?,13+/m0/s1. The first kappa shape index (κ1) is 13.6. The van der Waals surface area contributed by atoms with Gasteiger partial charge in [0.05, 0.1) is 12.1 Å². The largest absolute Gasteiger partial charge is 0.368 e. The molecule has 2 aliphatic heterocycles. The van der Waals surface area contributed by atoms with Crippen molar-refractivity contribution in [1.82, 2.24) is 5.32 Å². The highest BCUT2D eigenvalue weighted by Gasteiger charge is 2.45. The van der Waals surface area contributed by atoms with E-state index in [0.717, 1.165) is 25.1 Å². The molecule has 5 heteroatoms. The molecule has 2 heterocycles. The number of nitrogens with zero attached hydrogens (tertiary/aromatic N) is 2. The van der Waals surface area contributed by atoms with E-state index in [1.165, 1.54) is 12.8 Å². The van der Waals surface area contributed by atoms with E-state index in [-0.39, 0.29) is 11.7 Å². The Bertz CT molecular complexity index is 482. The van der Waals surface area contributed by atoms with Crippen LogP contribution in [0.25, 0.3) is 0 Å². The van der Waals surface area contributed by atoms with Crippen LogP contribution in [0.2, 0.25) is 0 Å². The summed E-state index contributed by atoms with van der Waals surface area (Å²) in [7, 11) is 0. The predicted octanol–water partition coefficient (Wildman–Crippen LogP) is 0.666. The average molecular weight is 277 g/mol. The lowest BCUT2D eigenvalue weighted by Crippen LogP contribution is -2.44. The second-order valence-electron chi connectivity index (χ2n) is 6.33. The van der Waals surface area contributed by atoms with Gasteiger partial charge in [-0.05, 0) is 26.2 Å². The van der Waals surface area contributed by atoms with Gasteiger partial charge < -0.3 is 5.32 Å². The molecule has 0 bridgehead atoms. The SMILES string of the molecule is CC[C@H](C)[N+]1=C(N)[C@H](C2=NC3CCCCC3N2)C(=O)C1. The number of nitrogens with one attached hydrogen (secondary N) is 1. The number of Topliss-reactive ketones (excluding diaryl/α,β-unsaturated/α-hetero) is 1. The summed E-state index contributed by atoms with van der Waals surface area (Å²) in [6.07, 6.45) is 5.79. The first-order valence-corrected chi connectivity index (χ1v) is 7.87. The number of ketones is 1. The Labute approximate surface area is 120 Å². The van der Waals surface area contributed by atoms with E-state index in [4.69, 9.17) is 10.7 Å². The Kier molecular flexibility index (Phi) is 3.52. The highest BCUT2D eigenvalue weighted by Crippen LogP contribution is 2.27. The molecule has 0 amide bonds. The summed E-state index contributed by atoms with van der Waals surface area (Å²) in [6.45, 7) is 4.67. The molecule has 0 spiro atoms. The Morgan fingerprint density at radius 2 is 2.20 bits per heavy atom. The van der Waals surface area contributed by atoms with Gasteiger partial charge in [0, 0.05) is 6.04 Å². The van der Waals surface area contributed by atoms with Crippen molar-refractivity contribution < 1.29 is 9.37 Å². The molecule has 0 aromatic rings. The molecule has 20 heavy (non-hydrogen) atoms. The van der Waals surface area contributed by atoms with Crippen LogP contribution in [0.5, 0.6) is 0 Å². The first-order chi connectivity index (χ1) is 9.61. The lowest BCUT2D eigenvalue weighted by Gasteiger charge is -2.23. The third-order valence-electron chi connectivity index (χ3n) is 5.04. The normalized spacial score (nSPS) is 34.8. The van der Waals surface area contributed by atoms with E-state index >= 15 is 0 Å². The van der Waals surface area contributed by atoms with Gasteiger partial charge in [0.1, 0.15) is 12.4 Å². The van der Waals surface area contributed by atoms with Gasteiger partial charge in [0.15, 0.2) is 11.7 Å². The molecule has 0 aromatic heterocycles. The van der Waals surface area contributed by atoms with Crippen molar-refractivity contribution in [1.29, 1.82) is 0 Å². The van der Waals surface area contributed by atoms with Crippen LogP contribution in [0.15, 0.2) is 4.99 Å². The minimum absolute atomic E-state index is 0.188. The average Bonchev–Trinajstić information content (AvgIpc) is 2.98. The lowest BCUT2D eigenvalue weighted by atomic mass is 9.92. The molecule has 2 unspecified atom stereocenters. The Morgan fingerprint density at radius 3 is 2.90 bits per heavy atom. The van der Waals surface area contributed by atoms with Crippen molar-refractivity contribution in [3.05, 3.63) is 0 Å². The third-order valence-corrected chi connectivity index (χ3v) is 5.04. The van der Waals surface area contributed by atoms with Gasteiger partial charge in [0.2, 0.25) is 0 Å². The molecule has 0 aromatic carbocycles. The van der Waals surface area contributed by atoms with Gasteiger partial charge in [-0.15, -0.1) is 0 Å². The van der Waals surface area contributed by atoms with Crippen LogP contribution < -0.4 is 11.1 Å². The van der Waals surface area contributed by atoms with Crippen LogP contribution in [0, 0.1) is 5.92 Å². The van der Waals surface area contributed by atoms with Crippen molar-refractivity contribution in [2.45, 2.75) is 64.1 Å². The second-order valence-corrected chi connectivity index (χ2v) is 6.33. The van der Waals surface area contributed by atoms with E-state index in [2.05, 4.69) is 19.2 Å². The monoisotopic (exact) mass is 277 g/mol. The van der Waals surface area contributed by atoms with Gasteiger partial charge in [-0.2, -0.15) is 0 Å². The van der Waals surface area contributed by atoms with Gasteiger partial charge in [-0.1, -0.05) is 19.8 Å². The van der Waals surface area contributed by atoms with Gasteiger partial charge in [0.25, 0.3) is 5.84 Å². The van der Waals surface area contributed by atoms with Gasteiger partial charge in [-0.25, -0.2) is 0 Å². The fraction of sp³-hybridized carbons (Fsp3) is 0.800. The molecule has 0 saturated heterocycles. The number of carbonyl (C=O) groups excluding carboxylic acids is 1. The van der Waals surface area contributed by atoms with Gasteiger partial charge >= 0.3 is 0 Å². The zero-order valence-corrected chi connectivity index (χ0v) is 12.4. The molecule has 1 fully saturated rings. The molecule has 4 atom stereocenters. The third kappa shape index (κ3) is 2.13. The Morgan fingerprint density at radius 1 is 1.45 bits per heavy atom. The van der Waals surface area contributed by atoms with E-state index < -0.39 is 0 Å². The number of amidine groups is 2. The Balaban J connectivity index is 1.83. The summed E-state index contributed by atoms with van der Waals surface area (Å²) >= 11 is 0. The summed E-state index contributed by atoms with van der Waals surface area (Å²) in [4.78, 5) is 17.1. The van der Waals surface area contributed by atoms with Crippen LogP contribution in [-0.4, -0.2) is 46.7 Å². The zero-order valence-electron chi connectivity index (χ0n) is 12.4. The summed E-state index contributed by atoms with van der Waals surface area (Å²) in [5.41, 5.74) is 6.26. The predicted molar refractivity (Wildman–Crippen MR) is 79.2 cm³/mol. The van der Waals surface area contributed by atoms with Crippen molar-refractivity contribution in [3.63, 3.8) is 0 Å². The molecule has 110 valence electrons. The Hall–Kier alpha value is -1.39. The smallest absolute Gasteiger partial charge is 0.261 e. The number of aliphatic imine (C=N–C) groups is 1. The summed E-state index contributed by atoms with van der Waals surface area (Å²) < 4.78 is 2.04. The quantitative estimate of drug-likeness (QED) is 0.745. The summed E-state index contributed by atoms with van der Waals surface area (Å²) in [6, 6.07) is 1.10. The minimum atomic E-state index is -0.324. The molecule has 3 aliphatic rings. The van der Waals surface area contributed by atoms with Crippen LogP contribution in [0.1, 0.15) is 46.0 Å². The van der Waals surface area contributed by atoms with Crippen molar-refractivity contribution >= 4 is 17.5 Å². The molecular weight excluding hydrogens is 252 g/mol. The van der Waals surface area contributed by atoms with Crippen LogP contribution in [0.4, 0.5) is 0 Å². The molecule has 1 saturated carbocycles. The van der Waals surface area contributed by atoms with E-state index in [1.807, 2.05) is 4.58 Å². The number of carbonyl (C=O) groups is 1. The number of hydrogen-bond acceptors (Lipinski definition) is 4. The van der Waals surface area contributed by atoms with Crippen LogP contribution in [0.3, 0.4) is 0 Å². The fourth-order valence-corrected chi connectivity index (χ4v) is 3.60.